The standard InChI is InChI=1S/C8H13N3O3/c1-10-8(13-3)6(5-9-10)7(12)11(2)14-4/h5H,1-4H3. The van der Waals surface area contributed by atoms with Gasteiger partial charge in [0.25, 0.3) is 5.91 Å². The fourth-order valence-electron chi connectivity index (χ4n) is 1.07. The first-order valence-corrected chi connectivity index (χ1v) is 4.00. The van der Waals surface area contributed by atoms with Crippen molar-refractivity contribution in [2.75, 3.05) is 21.3 Å². The highest BCUT2D eigenvalue weighted by molar-refractivity contribution is 5.95. The molecule has 0 atom stereocenters. The summed E-state index contributed by atoms with van der Waals surface area (Å²) in [5, 5.41) is 5.02. The van der Waals surface area contributed by atoms with Gasteiger partial charge in [-0.05, 0) is 0 Å². The van der Waals surface area contributed by atoms with E-state index in [1.807, 2.05) is 0 Å². The second-order valence-electron chi connectivity index (χ2n) is 2.68. The Kier molecular flexibility index (Phi) is 3.08. The molecule has 0 bridgehead atoms. The average Bonchev–Trinajstić information content (AvgIpc) is 2.57. The molecule has 0 unspecified atom stereocenters. The van der Waals surface area contributed by atoms with Gasteiger partial charge in [-0.25, -0.2) is 9.75 Å². The zero-order chi connectivity index (χ0) is 10.7. The summed E-state index contributed by atoms with van der Waals surface area (Å²) in [4.78, 5) is 16.4. The van der Waals surface area contributed by atoms with Crippen molar-refractivity contribution in [2.24, 2.45) is 7.05 Å². The molecule has 0 spiro atoms. The van der Waals surface area contributed by atoms with Crippen molar-refractivity contribution < 1.29 is 14.4 Å². The molecular formula is C8H13N3O3. The molecule has 1 rings (SSSR count). The smallest absolute Gasteiger partial charge is 0.284 e. The van der Waals surface area contributed by atoms with Gasteiger partial charge in [-0.15, -0.1) is 0 Å². The van der Waals surface area contributed by atoms with Gasteiger partial charge < -0.3 is 4.74 Å². The number of carbonyl (C=O) groups excluding carboxylic acids is 1. The molecule has 0 fully saturated rings. The predicted molar refractivity (Wildman–Crippen MR) is 48.9 cm³/mol. The number of amides is 1. The lowest BCUT2D eigenvalue weighted by Gasteiger charge is -2.13. The highest BCUT2D eigenvalue weighted by Crippen LogP contribution is 2.17. The van der Waals surface area contributed by atoms with Crippen molar-refractivity contribution in [3.63, 3.8) is 0 Å². The predicted octanol–water partition coefficient (Wildman–Crippen LogP) is 0.0621. The van der Waals surface area contributed by atoms with Gasteiger partial charge in [0.2, 0.25) is 5.88 Å². The Balaban J connectivity index is 3.00. The lowest BCUT2D eigenvalue weighted by atomic mass is 10.3. The molecule has 78 valence electrons. The summed E-state index contributed by atoms with van der Waals surface area (Å²) < 4.78 is 6.51. The van der Waals surface area contributed by atoms with Gasteiger partial charge in [-0.2, -0.15) is 5.10 Å². The Hall–Kier alpha value is -1.56. The number of hydroxylamine groups is 2. The SMILES string of the molecule is COc1c(C(=O)N(C)OC)cnn1C. The third-order valence-corrected chi connectivity index (χ3v) is 1.87. The molecule has 6 heteroatoms. The molecule has 14 heavy (non-hydrogen) atoms. The number of methoxy groups -OCH3 is 1. The van der Waals surface area contributed by atoms with E-state index >= 15 is 0 Å². The van der Waals surface area contributed by atoms with Crippen LogP contribution in [0.3, 0.4) is 0 Å². The molecule has 0 saturated heterocycles. The maximum atomic E-state index is 11.6. The van der Waals surface area contributed by atoms with Crippen molar-refractivity contribution in [1.82, 2.24) is 14.8 Å². The van der Waals surface area contributed by atoms with Crippen molar-refractivity contribution in [3.05, 3.63) is 11.8 Å². The summed E-state index contributed by atoms with van der Waals surface area (Å²) >= 11 is 0. The van der Waals surface area contributed by atoms with Gasteiger partial charge in [0.15, 0.2) is 0 Å². The van der Waals surface area contributed by atoms with E-state index in [2.05, 4.69) is 5.10 Å². The van der Waals surface area contributed by atoms with E-state index in [-0.39, 0.29) is 5.91 Å². The highest BCUT2D eigenvalue weighted by atomic mass is 16.7. The minimum absolute atomic E-state index is 0.294. The van der Waals surface area contributed by atoms with Crippen molar-refractivity contribution in [2.45, 2.75) is 0 Å². The summed E-state index contributed by atoms with van der Waals surface area (Å²) in [6.45, 7) is 0. The lowest BCUT2D eigenvalue weighted by molar-refractivity contribution is -0.0758. The Bertz CT molecular complexity index is 335. The number of ether oxygens (including phenoxy) is 1. The van der Waals surface area contributed by atoms with Crippen molar-refractivity contribution in [1.29, 1.82) is 0 Å². The second-order valence-corrected chi connectivity index (χ2v) is 2.68. The number of hydrogen-bond donors (Lipinski definition) is 0. The van der Waals surface area contributed by atoms with E-state index < -0.39 is 0 Å². The molecule has 0 radical (unpaired) electrons. The Morgan fingerprint density at radius 2 is 2.21 bits per heavy atom. The summed E-state index contributed by atoms with van der Waals surface area (Å²) in [5.74, 6) is 0.122. The summed E-state index contributed by atoms with van der Waals surface area (Å²) in [7, 11) is 6.12. The lowest BCUT2D eigenvalue weighted by Crippen LogP contribution is -2.25. The number of nitrogens with zero attached hydrogens (tertiary/aromatic N) is 3. The van der Waals surface area contributed by atoms with Crippen LogP contribution in [0, 0.1) is 0 Å². The van der Waals surface area contributed by atoms with Crippen LogP contribution in [0.15, 0.2) is 6.20 Å². The van der Waals surface area contributed by atoms with Crippen LogP contribution in [0.4, 0.5) is 0 Å². The third-order valence-electron chi connectivity index (χ3n) is 1.87. The van der Waals surface area contributed by atoms with Crippen LogP contribution < -0.4 is 4.74 Å². The van der Waals surface area contributed by atoms with Crippen molar-refractivity contribution >= 4 is 5.91 Å². The van der Waals surface area contributed by atoms with E-state index in [1.54, 1.807) is 7.05 Å². The number of aromatic nitrogens is 2. The van der Waals surface area contributed by atoms with E-state index in [0.717, 1.165) is 5.06 Å². The molecular weight excluding hydrogens is 186 g/mol. The van der Waals surface area contributed by atoms with Crippen LogP contribution in [0.5, 0.6) is 5.88 Å². The minimum atomic E-state index is -0.294. The highest BCUT2D eigenvalue weighted by Gasteiger charge is 2.20. The summed E-state index contributed by atoms with van der Waals surface area (Å²) in [5.41, 5.74) is 0.374. The van der Waals surface area contributed by atoms with Crippen LogP contribution in [0.1, 0.15) is 10.4 Å². The summed E-state index contributed by atoms with van der Waals surface area (Å²) in [6.07, 6.45) is 1.44. The Morgan fingerprint density at radius 1 is 1.57 bits per heavy atom. The van der Waals surface area contributed by atoms with Crippen LogP contribution in [0.25, 0.3) is 0 Å². The first-order chi connectivity index (χ1) is 6.61. The molecule has 1 heterocycles. The zero-order valence-corrected chi connectivity index (χ0v) is 8.64. The van der Waals surface area contributed by atoms with E-state index in [9.17, 15) is 4.79 Å². The van der Waals surface area contributed by atoms with E-state index in [4.69, 9.17) is 9.57 Å². The van der Waals surface area contributed by atoms with Gasteiger partial charge >= 0.3 is 0 Å². The molecule has 6 nitrogen and oxygen atoms in total. The topological polar surface area (TPSA) is 56.6 Å². The third kappa shape index (κ3) is 1.69. The molecule has 0 aliphatic carbocycles. The van der Waals surface area contributed by atoms with Crippen LogP contribution in [-0.4, -0.2) is 42.0 Å². The van der Waals surface area contributed by atoms with E-state index in [1.165, 1.54) is 32.1 Å². The molecule has 1 aromatic heterocycles. The maximum absolute atomic E-state index is 11.6. The van der Waals surface area contributed by atoms with Crippen molar-refractivity contribution in [3.8, 4) is 5.88 Å². The average molecular weight is 199 g/mol. The van der Waals surface area contributed by atoms with Crippen LogP contribution in [-0.2, 0) is 11.9 Å². The molecule has 0 aromatic carbocycles. The van der Waals surface area contributed by atoms with Crippen LogP contribution in [0.2, 0.25) is 0 Å². The fourth-order valence-corrected chi connectivity index (χ4v) is 1.07. The van der Waals surface area contributed by atoms with Gasteiger partial charge in [0.1, 0.15) is 5.56 Å². The molecule has 0 aliphatic rings. The molecule has 0 saturated carbocycles. The van der Waals surface area contributed by atoms with E-state index in [0.29, 0.717) is 11.4 Å². The molecule has 1 aromatic rings. The Labute approximate surface area is 82.0 Å². The minimum Gasteiger partial charge on any atom is -0.481 e. The van der Waals surface area contributed by atoms with Gasteiger partial charge in [0.05, 0.1) is 20.4 Å². The number of rotatable bonds is 3. The monoisotopic (exact) mass is 199 g/mol. The summed E-state index contributed by atoms with van der Waals surface area (Å²) in [6, 6.07) is 0. The van der Waals surface area contributed by atoms with Crippen LogP contribution >= 0.6 is 0 Å². The number of aryl methyl sites for hydroxylation is 1. The molecule has 0 N–H and O–H groups in total. The van der Waals surface area contributed by atoms with Gasteiger partial charge in [-0.1, -0.05) is 0 Å². The normalized spacial score (nSPS) is 10.0. The largest absolute Gasteiger partial charge is 0.481 e. The first-order valence-electron chi connectivity index (χ1n) is 4.00. The Morgan fingerprint density at radius 3 is 2.71 bits per heavy atom. The van der Waals surface area contributed by atoms with Gasteiger partial charge in [0, 0.05) is 14.1 Å². The quantitative estimate of drug-likeness (QED) is 0.646. The first kappa shape index (κ1) is 10.5. The zero-order valence-electron chi connectivity index (χ0n) is 8.64. The molecule has 1 amide bonds. The fraction of sp³-hybridized carbons (Fsp3) is 0.500. The molecule has 0 aliphatic heterocycles. The maximum Gasteiger partial charge on any atom is 0.284 e. The second kappa shape index (κ2) is 4.10. The number of carbonyl (C=O) groups is 1. The number of hydrogen-bond acceptors (Lipinski definition) is 4. The van der Waals surface area contributed by atoms with Gasteiger partial charge in [-0.3, -0.25) is 9.63 Å².